The summed E-state index contributed by atoms with van der Waals surface area (Å²) in [4.78, 5) is -0.233. The number of benzene rings is 1. The highest BCUT2D eigenvalue weighted by Gasteiger charge is 2.41. The Labute approximate surface area is 128 Å². The van der Waals surface area contributed by atoms with Gasteiger partial charge in [-0.3, -0.25) is 0 Å². The van der Waals surface area contributed by atoms with E-state index in [1.54, 1.807) is 6.07 Å². The molecule has 0 N–H and O–H groups in total. The molecule has 0 aliphatic carbocycles. The molecule has 20 heavy (non-hydrogen) atoms. The first-order chi connectivity index (χ1) is 9.34. The maximum Gasteiger partial charge on any atom is 0.246 e. The molecule has 112 valence electrons. The van der Waals surface area contributed by atoms with Crippen LogP contribution < -0.4 is 0 Å². The van der Waals surface area contributed by atoms with Gasteiger partial charge in [0.2, 0.25) is 10.0 Å². The number of sulfonamides is 1. The molecular formula is C14H19BrFNO2S. The van der Waals surface area contributed by atoms with E-state index in [1.165, 1.54) is 16.4 Å². The number of nitrogens with zero attached hydrogens (tertiary/aromatic N) is 1. The summed E-state index contributed by atoms with van der Waals surface area (Å²) >= 11 is 3.14. The van der Waals surface area contributed by atoms with Gasteiger partial charge in [-0.25, -0.2) is 12.8 Å². The van der Waals surface area contributed by atoms with Crippen LogP contribution in [0, 0.1) is 11.2 Å². The Morgan fingerprint density at radius 2 is 2.00 bits per heavy atom. The molecule has 6 heteroatoms. The van der Waals surface area contributed by atoms with E-state index in [-0.39, 0.29) is 10.3 Å². The molecule has 1 aliphatic rings. The fourth-order valence-corrected chi connectivity index (χ4v) is 4.68. The van der Waals surface area contributed by atoms with Gasteiger partial charge in [-0.15, -0.1) is 0 Å². The Balaban J connectivity index is 2.33. The van der Waals surface area contributed by atoms with Crippen LogP contribution in [0.2, 0.25) is 0 Å². The maximum atomic E-state index is 13.9. The van der Waals surface area contributed by atoms with Gasteiger partial charge in [-0.05, 0) is 42.9 Å². The molecule has 0 unspecified atom stereocenters. The van der Waals surface area contributed by atoms with Gasteiger partial charge in [0.05, 0.1) is 0 Å². The summed E-state index contributed by atoms with van der Waals surface area (Å²) in [5.74, 6) is -0.704. The summed E-state index contributed by atoms with van der Waals surface area (Å²) < 4.78 is 41.0. The number of rotatable bonds is 4. The molecule has 0 amide bonds. The van der Waals surface area contributed by atoms with E-state index in [2.05, 4.69) is 29.8 Å². The molecule has 1 aromatic rings. The standard InChI is InChI=1S/C14H19BrFNO2S/c1-3-14(4-2)7-8-17(10-14)20(18,19)13-6-5-11(15)9-12(13)16/h5-6,9H,3-4,7-8,10H2,1-2H3. The second kappa shape index (κ2) is 5.73. The maximum absolute atomic E-state index is 13.9. The molecule has 0 spiro atoms. The Hall–Kier alpha value is -0.460. The van der Waals surface area contributed by atoms with Gasteiger partial charge in [0, 0.05) is 17.6 Å². The van der Waals surface area contributed by atoms with Crippen molar-refractivity contribution in [2.24, 2.45) is 5.41 Å². The molecule has 0 radical (unpaired) electrons. The molecule has 3 nitrogen and oxygen atoms in total. The lowest BCUT2D eigenvalue weighted by molar-refractivity contribution is 0.279. The van der Waals surface area contributed by atoms with Crippen LogP contribution >= 0.6 is 15.9 Å². The minimum absolute atomic E-state index is 0.0406. The fourth-order valence-electron chi connectivity index (χ4n) is 2.75. The van der Waals surface area contributed by atoms with Crippen LogP contribution in [0.15, 0.2) is 27.6 Å². The first-order valence-corrected chi connectivity index (χ1v) is 9.03. The quantitative estimate of drug-likeness (QED) is 0.815. The second-order valence-corrected chi connectivity index (χ2v) is 8.19. The molecule has 0 saturated carbocycles. The van der Waals surface area contributed by atoms with Gasteiger partial charge in [-0.1, -0.05) is 29.8 Å². The van der Waals surface area contributed by atoms with Crippen molar-refractivity contribution >= 4 is 26.0 Å². The van der Waals surface area contributed by atoms with E-state index in [0.29, 0.717) is 17.6 Å². The summed E-state index contributed by atoms with van der Waals surface area (Å²) in [5, 5.41) is 0. The molecule has 0 bridgehead atoms. The van der Waals surface area contributed by atoms with E-state index >= 15 is 0 Å². The van der Waals surface area contributed by atoms with Crippen molar-refractivity contribution in [1.29, 1.82) is 0 Å². The van der Waals surface area contributed by atoms with Gasteiger partial charge in [0.15, 0.2) is 0 Å². The van der Waals surface area contributed by atoms with Crippen LogP contribution in [0.1, 0.15) is 33.1 Å². The minimum atomic E-state index is -3.74. The van der Waals surface area contributed by atoms with Crippen molar-refractivity contribution in [1.82, 2.24) is 4.31 Å². The van der Waals surface area contributed by atoms with Crippen molar-refractivity contribution in [3.63, 3.8) is 0 Å². The van der Waals surface area contributed by atoms with E-state index in [1.807, 2.05) is 0 Å². The highest BCUT2D eigenvalue weighted by Crippen LogP contribution is 2.39. The zero-order valence-electron chi connectivity index (χ0n) is 11.7. The molecule has 1 heterocycles. The van der Waals surface area contributed by atoms with Gasteiger partial charge < -0.3 is 0 Å². The molecule has 1 aliphatic heterocycles. The van der Waals surface area contributed by atoms with E-state index in [9.17, 15) is 12.8 Å². The summed E-state index contributed by atoms with van der Waals surface area (Å²) in [5.41, 5.74) is 0.0406. The van der Waals surface area contributed by atoms with E-state index in [0.717, 1.165) is 19.3 Å². The Kier molecular flexibility index (Phi) is 4.56. The van der Waals surface area contributed by atoms with Crippen LogP contribution in [-0.4, -0.2) is 25.8 Å². The lowest BCUT2D eigenvalue weighted by Crippen LogP contribution is -2.32. The lowest BCUT2D eigenvalue weighted by atomic mass is 9.82. The smallest absolute Gasteiger partial charge is 0.207 e. The highest BCUT2D eigenvalue weighted by molar-refractivity contribution is 9.10. The summed E-state index contributed by atoms with van der Waals surface area (Å²) in [6.07, 6.45) is 2.73. The van der Waals surface area contributed by atoms with E-state index < -0.39 is 15.8 Å². The Morgan fingerprint density at radius 3 is 2.50 bits per heavy atom. The van der Waals surface area contributed by atoms with Gasteiger partial charge in [-0.2, -0.15) is 4.31 Å². The van der Waals surface area contributed by atoms with Crippen LogP contribution in [0.3, 0.4) is 0 Å². The average Bonchev–Trinajstić information content (AvgIpc) is 2.84. The van der Waals surface area contributed by atoms with Crippen LogP contribution in [0.5, 0.6) is 0 Å². The normalized spacial score (nSPS) is 19.4. The summed E-state index contributed by atoms with van der Waals surface area (Å²) in [7, 11) is -3.74. The first-order valence-electron chi connectivity index (χ1n) is 6.80. The molecule has 1 aromatic carbocycles. The topological polar surface area (TPSA) is 37.4 Å². The molecule has 2 rings (SSSR count). The third-order valence-corrected chi connectivity index (χ3v) is 6.79. The van der Waals surface area contributed by atoms with Crippen LogP contribution in [0.25, 0.3) is 0 Å². The second-order valence-electron chi connectivity index (χ2n) is 5.37. The van der Waals surface area contributed by atoms with Gasteiger partial charge >= 0.3 is 0 Å². The van der Waals surface area contributed by atoms with E-state index in [4.69, 9.17) is 0 Å². The van der Waals surface area contributed by atoms with Crippen LogP contribution in [0.4, 0.5) is 4.39 Å². The third-order valence-electron chi connectivity index (χ3n) is 4.42. The summed E-state index contributed by atoms with van der Waals surface area (Å²) in [6, 6.07) is 4.07. The number of hydrogen-bond donors (Lipinski definition) is 0. The Bertz CT molecular complexity index is 599. The van der Waals surface area contributed by atoms with Crippen molar-refractivity contribution in [3.8, 4) is 0 Å². The lowest BCUT2D eigenvalue weighted by Gasteiger charge is -2.26. The third kappa shape index (κ3) is 2.78. The van der Waals surface area contributed by atoms with Gasteiger partial charge in [0.1, 0.15) is 10.7 Å². The van der Waals surface area contributed by atoms with Crippen molar-refractivity contribution in [2.75, 3.05) is 13.1 Å². The molecule has 1 fully saturated rings. The predicted molar refractivity (Wildman–Crippen MR) is 80.5 cm³/mol. The largest absolute Gasteiger partial charge is 0.246 e. The summed E-state index contributed by atoms with van der Waals surface area (Å²) in [6.45, 7) is 5.12. The minimum Gasteiger partial charge on any atom is -0.207 e. The molecular weight excluding hydrogens is 345 g/mol. The number of halogens is 2. The van der Waals surface area contributed by atoms with Crippen molar-refractivity contribution < 1.29 is 12.8 Å². The van der Waals surface area contributed by atoms with Gasteiger partial charge in [0.25, 0.3) is 0 Å². The molecule has 1 saturated heterocycles. The first kappa shape index (κ1) is 15.9. The highest BCUT2D eigenvalue weighted by atomic mass is 79.9. The van der Waals surface area contributed by atoms with Crippen molar-refractivity contribution in [3.05, 3.63) is 28.5 Å². The monoisotopic (exact) mass is 363 g/mol. The predicted octanol–water partition coefficient (Wildman–Crippen LogP) is 3.79. The zero-order valence-corrected chi connectivity index (χ0v) is 14.1. The van der Waals surface area contributed by atoms with Crippen LogP contribution in [-0.2, 0) is 10.0 Å². The SMILES string of the molecule is CCC1(CC)CCN(S(=O)(=O)c2ccc(Br)cc2F)C1. The number of hydrogen-bond acceptors (Lipinski definition) is 2. The molecule has 0 aromatic heterocycles. The zero-order chi connectivity index (χ0) is 15.0. The van der Waals surface area contributed by atoms with Crippen molar-refractivity contribution in [2.45, 2.75) is 38.0 Å². The Morgan fingerprint density at radius 1 is 1.35 bits per heavy atom. The average molecular weight is 364 g/mol. The molecule has 0 atom stereocenters. The fraction of sp³-hybridized carbons (Fsp3) is 0.571.